The molecule has 2 aromatic rings. The van der Waals surface area contributed by atoms with Crippen LogP contribution in [0.2, 0.25) is 0 Å². The molecule has 1 amide bonds. The number of piperazine rings is 1. The molecule has 6 nitrogen and oxygen atoms in total. The van der Waals surface area contributed by atoms with E-state index >= 15 is 0 Å². The summed E-state index contributed by atoms with van der Waals surface area (Å²) in [6, 6.07) is 7.93. The standard InChI is InChI=1S/C19H26N4O2/c1-20-7-9-22(10-8-20)17-12-23(13-18(17)24)19(25)15-4-3-14-5-6-21(2)16(14)11-15/h3-6,11,17-18,24H,7-10,12-13H2,1-2H3/t17-,18-/m1/s1. The summed E-state index contributed by atoms with van der Waals surface area (Å²) in [5.41, 5.74) is 1.75. The minimum atomic E-state index is -0.467. The third-order valence-corrected chi connectivity index (χ3v) is 5.69. The first-order chi connectivity index (χ1) is 12.0. The summed E-state index contributed by atoms with van der Waals surface area (Å²) in [4.78, 5) is 19.4. The summed E-state index contributed by atoms with van der Waals surface area (Å²) in [7, 11) is 4.11. The Kier molecular flexibility index (Phi) is 4.27. The van der Waals surface area contributed by atoms with Crippen molar-refractivity contribution in [3.8, 4) is 0 Å². The van der Waals surface area contributed by atoms with Gasteiger partial charge in [-0.25, -0.2) is 0 Å². The lowest BCUT2D eigenvalue weighted by Gasteiger charge is -2.37. The maximum Gasteiger partial charge on any atom is 0.254 e. The molecule has 1 aromatic carbocycles. The smallest absolute Gasteiger partial charge is 0.254 e. The van der Waals surface area contributed by atoms with E-state index in [9.17, 15) is 9.90 Å². The number of nitrogens with zero attached hydrogens (tertiary/aromatic N) is 4. The van der Waals surface area contributed by atoms with Crippen LogP contribution in [0.15, 0.2) is 30.5 Å². The molecule has 3 heterocycles. The molecule has 134 valence electrons. The Morgan fingerprint density at radius 1 is 1.08 bits per heavy atom. The van der Waals surface area contributed by atoms with Gasteiger partial charge in [-0.1, -0.05) is 6.07 Å². The van der Waals surface area contributed by atoms with Crippen molar-refractivity contribution in [3.63, 3.8) is 0 Å². The number of aryl methyl sites for hydroxylation is 1. The molecule has 0 aliphatic carbocycles. The summed E-state index contributed by atoms with van der Waals surface area (Å²) < 4.78 is 2.03. The van der Waals surface area contributed by atoms with Gasteiger partial charge in [0, 0.05) is 63.6 Å². The SMILES string of the molecule is CN1CCN([C@@H]2CN(C(=O)c3ccc4ccn(C)c4c3)C[C@H]2O)CC1. The van der Waals surface area contributed by atoms with Gasteiger partial charge in [0.25, 0.3) is 5.91 Å². The molecule has 1 N–H and O–H groups in total. The number of β-amino-alcohol motifs (C(OH)–C–C–N with tert-alkyl or cyclic N) is 1. The Hall–Kier alpha value is -1.89. The number of aliphatic hydroxyl groups excluding tert-OH is 1. The van der Waals surface area contributed by atoms with Crippen LogP contribution < -0.4 is 0 Å². The van der Waals surface area contributed by atoms with Crippen LogP contribution in [0.1, 0.15) is 10.4 Å². The molecule has 4 rings (SSSR count). The van der Waals surface area contributed by atoms with Gasteiger partial charge in [-0.15, -0.1) is 0 Å². The molecule has 1 aromatic heterocycles. The number of carbonyl (C=O) groups excluding carboxylic acids is 1. The number of hydrogen-bond acceptors (Lipinski definition) is 4. The van der Waals surface area contributed by atoms with Gasteiger partial charge in [-0.05, 0) is 30.6 Å². The number of likely N-dealkylation sites (N-methyl/N-ethyl adjacent to an activating group) is 1. The zero-order valence-corrected chi connectivity index (χ0v) is 14.9. The largest absolute Gasteiger partial charge is 0.390 e. The Labute approximate surface area is 148 Å². The summed E-state index contributed by atoms with van der Waals surface area (Å²) in [5.74, 6) is 0.0128. The average molecular weight is 342 g/mol. The van der Waals surface area contributed by atoms with Crippen LogP contribution in [-0.4, -0.2) is 88.7 Å². The van der Waals surface area contributed by atoms with E-state index in [4.69, 9.17) is 0 Å². The number of hydrogen-bond donors (Lipinski definition) is 1. The van der Waals surface area contributed by atoms with E-state index in [1.807, 2.05) is 42.1 Å². The van der Waals surface area contributed by atoms with E-state index in [2.05, 4.69) is 16.8 Å². The first-order valence-corrected chi connectivity index (χ1v) is 8.98. The fourth-order valence-electron chi connectivity index (χ4n) is 4.03. The van der Waals surface area contributed by atoms with Crippen molar-refractivity contribution >= 4 is 16.8 Å². The molecular formula is C19H26N4O2. The molecule has 0 bridgehead atoms. The van der Waals surface area contributed by atoms with E-state index in [-0.39, 0.29) is 11.9 Å². The van der Waals surface area contributed by atoms with Crippen LogP contribution in [-0.2, 0) is 7.05 Å². The minimum Gasteiger partial charge on any atom is -0.390 e. The molecule has 0 unspecified atom stereocenters. The number of benzene rings is 1. The molecule has 0 spiro atoms. The number of rotatable bonds is 2. The van der Waals surface area contributed by atoms with Gasteiger partial charge in [-0.3, -0.25) is 9.69 Å². The average Bonchev–Trinajstić information content (AvgIpc) is 3.18. The maximum absolute atomic E-state index is 12.9. The van der Waals surface area contributed by atoms with Crippen molar-refractivity contribution < 1.29 is 9.90 Å². The third kappa shape index (κ3) is 3.05. The normalized spacial score (nSPS) is 25.8. The topological polar surface area (TPSA) is 52.0 Å². The molecule has 6 heteroatoms. The quantitative estimate of drug-likeness (QED) is 0.869. The van der Waals surface area contributed by atoms with Crippen LogP contribution in [0.4, 0.5) is 0 Å². The fraction of sp³-hybridized carbons (Fsp3) is 0.526. The summed E-state index contributed by atoms with van der Waals surface area (Å²) >= 11 is 0. The zero-order chi connectivity index (χ0) is 17.6. The molecule has 25 heavy (non-hydrogen) atoms. The summed E-state index contributed by atoms with van der Waals surface area (Å²) in [6.45, 7) is 4.96. The van der Waals surface area contributed by atoms with Crippen molar-refractivity contribution in [1.82, 2.24) is 19.3 Å². The highest BCUT2D eigenvalue weighted by molar-refractivity contribution is 5.98. The van der Waals surface area contributed by atoms with Gasteiger partial charge < -0.3 is 19.5 Å². The predicted molar refractivity (Wildman–Crippen MR) is 97.7 cm³/mol. The van der Waals surface area contributed by atoms with Crippen LogP contribution in [0.25, 0.3) is 10.9 Å². The third-order valence-electron chi connectivity index (χ3n) is 5.69. The van der Waals surface area contributed by atoms with Gasteiger partial charge in [-0.2, -0.15) is 0 Å². The molecule has 2 aliphatic heterocycles. The van der Waals surface area contributed by atoms with E-state index in [0.29, 0.717) is 18.7 Å². The van der Waals surface area contributed by atoms with Gasteiger partial charge in [0.15, 0.2) is 0 Å². The lowest BCUT2D eigenvalue weighted by Crippen LogP contribution is -2.52. The second-order valence-electron chi connectivity index (χ2n) is 7.38. The number of fused-ring (bicyclic) bond motifs is 1. The van der Waals surface area contributed by atoms with Gasteiger partial charge in [0.05, 0.1) is 12.1 Å². The zero-order valence-electron chi connectivity index (χ0n) is 14.9. The molecule has 2 saturated heterocycles. The molecule has 0 saturated carbocycles. The van der Waals surface area contributed by atoms with Crippen LogP contribution in [0.5, 0.6) is 0 Å². The highest BCUT2D eigenvalue weighted by Gasteiger charge is 2.38. The van der Waals surface area contributed by atoms with Crippen molar-refractivity contribution in [3.05, 3.63) is 36.0 Å². The second-order valence-corrected chi connectivity index (χ2v) is 7.38. The molecule has 2 aliphatic rings. The van der Waals surface area contributed by atoms with Gasteiger partial charge in [0.1, 0.15) is 0 Å². The highest BCUT2D eigenvalue weighted by atomic mass is 16.3. The van der Waals surface area contributed by atoms with E-state index in [0.717, 1.165) is 37.1 Å². The molecular weight excluding hydrogens is 316 g/mol. The van der Waals surface area contributed by atoms with Crippen molar-refractivity contribution in [2.24, 2.45) is 7.05 Å². The van der Waals surface area contributed by atoms with Gasteiger partial charge >= 0.3 is 0 Å². The minimum absolute atomic E-state index is 0.0128. The number of carbonyl (C=O) groups is 1. The number of aromatic nitrogens is 1. The van der Waals surface area contributed by atoms with E-state index in [1.165, 1.54) is 0 Å². The van der Waals surface area contributed by atoms with E-state index in [1.54, 1.807) is 4.90 Å². The molecule has 2 fully saturated rings. The lowest BCUT2D eigenvalue weighted by atomic mass is 10.1. The molecule has 2 atom stereocenters. The summed E-state index contributed by atoms with van der Waals surface area (Å²) in [6.07, 6.45) is 1.54. The van der Waals surface area contributed by atoms with Crippen molar-refractivity contribution in [2.75, 3.05) is 46.3 Å². The van der Waals surface area contributed by atoms with Gasteiger partial charge in [0.2, 0.25) is 0 Å². The Morgan fingerprint density at radius 2 is 1.84 bits per heavy atom. The Bertz CT molecular complexity index is 779. The van der Waals surface area contributed by atoms with Crippen LogP contribution in [0.3, 0.4) is 0 Å². The lowest BCUT2D eigenvalue weighted by molar-refractivity contribution is 0.0512. The maximum atomic E-state index is 12.9. The first kappa shape index (κ1) is 16.6. The number of amides is 1. The van der Waals surface area contributed by atoms with Crippen molar-refractivity contribution in [2.45, 2.75) is 12.1 Å². The summed E-state index contributed by atoms with van der Waals surface area (Å²) in [5, 5.41) is 11.6. The fourth-order valence-corrected chi connectivity index (χ4v) is 4.03. The highest BCUT2D eigenvalue weighted by Crippen LogP contribution is 2.22. The molecule has 0 radical (unpaired) electrons. The first-order valence-electron chi connectivity index (χ1n) is 8.98. The predicted octanol–water partition coefficient (Wildman–Crippen LogP) is 0.611. The Balaban J connectivity index is 1.49. The monoisotopic (exact) mass is 342 g/mol. The number of likely N-dealkylation sites (tertiary alicyclic amines) is 1. The van der Waals surface area contributed by atoms with E-state index < -0.39 is 6.10 Å². The van der Waals surface area contributed by atoms with Crippen LogP contribution in [0, 0.1) is 0 Å². The second kappa shape index (κ2) is 6.44. The number of aliphatic hydroxyl groups is 1. The van der Waals surface area contributed by atoms with Crippen LogP contribution >= 0.6 is 0 Å². The van der Waals surface area contributed by atoms with Crippen molar-refractivity contribution in [1.29, 1.82) is 0 Å². The Morgan fingerprint density at radius 3 is 2.60 bits per heavy atom.